The van der Waals surface area contributed by atoms with Gasteiger partial charge in [-0.1, -0.05) is 24.3 Å². The molecule has 1 N–H and O–H groups in total. The molecule has 0 aliphatic rings. The first-order valence-corrected chi connectivity index (χ1v) is 6.13. The average molecular weight is 269 g/mol. The fourth-order valence-corrected chi connectivity index (χ4v) is 2.14. The van der Waals surface area contributed by atoms with Crippen molar-refractivity contribution in [3.05, 3.63) is 60.0 Å². The molecule has 3 aromatic rings. The summed E-state index contributed by atoms with van der Waals surface area (Å²) in [5, 5.41) is 7.76. The van der Waals surface area contributed by atoms with Crippen LogP contribution in [0, 0.1) is 5.82 Å². The van der Waals surface area contributed by atoms with E-state index in [1.54, 1.807) is 48.3 Å². The Morgan fingerprint density at radius 1 is 1.15 bits per heavy atom. The van der Waals surface area contributed by atoms with Crippen molar-refractivity contribution >= 4 is 22.5 Å². The summed E-state index contributed by atoms with van der Waals surface area (Å²) >= 11 is 0. The molecule has 0 bridgehead atoms. The summed E-state index contributed by atoms with van der Waals surface area (Å²) in [5.41, 5.74) is 0.434. The van der Waals surface area contributed by atoms with Gasteiger partial charge in [0.15, 0.2) is 0 Å². The molecule has 2 aromatic carbocycles. The van der Waals surface area contributed by atoms with E-state index in [1.807, 2.05) is 0 Å². The molecule has 5 heteroatoms. The summed E-state index contributed by atoms with van der Waals surface area (Å²) in [6, 6.07) is 11.4. The van der Waals surface area contributed by atoms with Crippen LogP contribution in [0.2, 0.25) is 0 Å². The van der Waals surface area contributed by atoms with E-state index in [1.165, 1.54) is 12.1 Å². The SMILES string of the molecule is Cn1nccc1NC(=O)c1ccc(F)c2ccccc12. The lowest BCUT2D eigenvalue weighted by atomic mass is 10.0. The van der Waals surface area contributed by atoms with Crippen LogP contribution in [-0.2, 0) is 7.05 Å². The molecule has 1 aromatic heterocycles. The molecule has 3 rings (SSSR count). The molecule has 1 amide bonds. The van der Waals surface area contributed by atoms with Crippen molar-refractivity contribution in [2.45, 2.75) is 0 Å². The number of hydrogen-bond donors (Lipinski definition) is 1. The summed E-state index contributed by atoms with van der Waals surface area (Å²) in [5.74, 6) is -0.0362. The molecular formula is C15H12FN3O. The van der Waals surface area contributed by atoms with Gasteiger partial charge in [-0.25, -0.2) is 4.39 Å². The van der Waals surface area contributed by atoms with E-state index in [-0.39, 0.29) is 11.7 Å². The molecule has 0 saturated heterocycles. The van der Waals surface area contributed by atoms with Crippen LogP contribution >= 0.6 is 0 Å². The van der Waals surface area contributed by atoms with Crippen LogP contribution in [0.3, 0.4) is 0 Å². The van der Waals surface area contributed by atoms with Crippen molar-refractivity contribution in [3.8, 4) is 0 Å². The second-order valence-electron chi connectivity index (χ2n) is 4.43. The first-order valence-electron chi connectivity index (χ1n) is 6.13. The van der Waals surface area contributed by atoms with E-state index in [2.05, 4.69) is 10.4 Å². The number of amides is 1. The molecule has 20 heavy (non-hydrogen) atoms. The maximum atomic E-state index is 13.7. The fraction of sp³-hybridized carbons (Fsp3) is 0.0667. The molecule has 0 atom stereocenters. The van der Waals surface area contributed by atoms with Crippen LogP contribution in [0.15, 0.2) is 48.7 Å². The highest BCUT2D eigenvalue weighted by atomic mass is 19.1. The summed E-state index contributed by atoms with van der Waals surface area (Å²) in [4.78, 5) is 12.3. The monoisotopic (exact) mass is 269 g/mol. The van der Waals surface area contributed by atoms with Crippen molar-refractivity contribution in [2.75, 3.05) is 5.32 Å². The molecule has 0 radical (unpaired) electrons. The number of halogens is 1. The van der Waals surface area contributed by atoms with Crippen molar-refractivity contribution in [2.24, 2.45) is 7.05 Å². The molecule has 0 aliphatic heterocycles. The Hall–Kier alpha value is -2.69. The van der Waals surface area contributed by atoms with Gasteiger partial charge in [0, 0.05) is 24.1 Å². The smallest absolute Gasteiger partial charge is 0.257 e. The maximum absolute atomic E-state index is 13.7. The highest BCUT2D eigenvalue weighted by molar-refractivity contribution is 6.12. The molecule has 100 valence electrons. The number of aromatic nitrogens is 2. The third-order valence-corrected chi connectivity index (χ3v) is 3.18. The van der Waals surface area contributed by atoms with Crippen LogP contribution in [0.25, 0.3) is 10.8 Å². The number of carbonyl (C=O) groups excluding carboxylic acids is 1. The number of hydrogen-bond acceptors (Lipinski definition) is 2. The van der Waals surface area contributed by atoms with E-state index >= 15 is 0 Å². The Bertz CT molecular complexity index is 795. The van der Waals surface area contributed by atoms with Gasteiger partial charge in [-0.05, 0) is 17.5 Å². The number of carbonyl (C=O) groups is 1. The van der Waals surface area contributed by atoms with Crippen molar-refractivity contribution in [1.29, 1.82) is 0 Å². The van der Waals surface area contributed by atoms with E-state index in [0.29, 0.717) is 22.2 Å². The number of aryl methyl sites for hydroxylation is 1. The zero-order valence-corrected chi connectivity index (χ0v) is 10.8. The minimum Gasteiger partial charge on any atom is -0.307 e. The fourth-order valence-electron chi connectivity index (χ4n) is 2.14. The highest BCUT2D eigenvalue weighted by Crippen LogP contribution is 2.22. The Labute approximate surface area is 114 Å². The van der Waals surface area contributed by atoms with Gasteiger partial charge in [0.05, 0.1) is 6.20 Å². The Morgan fingerprint density at radius 2 is 1.90 bits per heavy atom. The Balaban J connectivity index is 2.04. The molecule has 0 aliphatic carbocycles. The summed E-state index contributed by atoms with van der Waals surface area (Å²) in [7, 11) is 1.73. The summed E-state index contributed by atoms with van der Waals surface area (Å²) < 4.78 is 15.3. The number of anilines is 1. The third-order valence-electron chi connectivity index (χ3n) is 3.18. The zero-order chi connectivity index (χ0) is 14.1. The quantitative estimate of drug-likeness (QED) is 0.777. The maximum Gasteiger partial charge on any atom is 0.257 e. The highest BCUT2D eigenvalue weighted by Gasteiger charge is 2.13. The van der Waals surface area contributed by atoms with E-state index in [0.717, 1.165) is 0 Å². The van der Waals surface area contributed by atoms with Crippen molar-refractivity contribution < 1.29 is 9.18 Å². The predicted octanol–water partition coefficient (Wildman–Crippen LogP) is 2.96. The lowest BCUT2D eigenvalue weighted by molar-refractivity contribution is 0.102. The second-order valence-corrected chi connectivity index (χ2v) is 4.43. The van der Waals surface area contributed by atoms with Gasteiger partial charge in [-0.3, -0.25) is 9.48 Å². The molecule has 0 fully saturated rings. The van der Waals surface area contributed by atoms with Crippen LogP contribution in [0.4, 0.5) is 10.2 Å². The molecule has 0 unspecified atom stereocenters. The van der Waals surface area contributed by atoms with Crippen molar-refractivity contribution in [1.82, 2.24) is 9.78 Å². The first-order chi connectivity index (χ1) is 9.66. The molecule has 4 nitrogen and oxygen atoms in total. The lowest BCUT2D eigenvalue weighted by Crippen LogP contribution is -2.15. The van der Waals surface area contributed by atoms with Crippen LogP contribution in [0.1, 0.15) is 10.4 Å². The van der Waals surface area contributed by atoms with E-state index < -0.39 is 0 Å². The van der Waals surface area contributed by atoms with Gasteiger partial charge in [0.2, 0.25) is 0 Å². The van der Waals surface area contributed by atoms with Gasteiger partial charge >= 0.3 is 0 Å². The molecule has 0 spiro atoms. The van der Waals surface area contributed by atoms with Gasteiger partial charge in [0.1, 0.15) is 11.6 Å². The average Bonchev–Trinajstić information content (AvgIpc) is 2.85. The van der Waals surface area contributed by atoms with Gasteiger partial charge in [-0.15, -0.1) is 0 Å². The second kappa shape index (κ2) is 4.77. The number of fused-ring (bicyclic) bond motifs is 1. The first kappa shape index (κ1) is 12.3. The zero-order valence-electron chi connectivity index (χ0n) is 10.8. The van der Waals surface area contributed by atoms with E-state index in [9.17, 15) is 9.18 Å². The standard InChI is InChI=1S/C15H12FN3O/c1-19-14(8-9-17-19)18-15(20)12-6-7-13(16)11-5-3-2-4-10(11)12/h2-9H,1H3,(H,18,20). The molecule has 1 heterocycles. The summed E-state index contributed by atoms with van der Waals surface area (Å²) in [6.45, 7) is 0. The lowest BCUT2D eigenvalue weighted by Gasteiger charge is -2.08. The number of nitrogens with one attached hydrogen (secondary N) is 1. The molecule has 0 saturated carbocycles. The van der Waals surface area contributed by atoms with Crippen molar-refractivity contribution in [3.63, 3.8) is 0 Å². The predicted molar refractivity (Wildman–Crippen MR) is 75.1 cm³/mol. The Morgan fingerprint density at radius 3 is 2.60 bits per heavy atom. The van der Waals surface area contributed by atoms with Gasteiger partial charge in [0.25, 0.3) is 5.91 Å². The largest absolute Gasteiger partial charge is 0.307 e. The Kier molecular flexibility index (Phi) is 2.95. The van der Waals surface area contributed by atoms with Gasteiger partial charge < -0.3 is 5.32 Å². The minimum absolute atomic E-state index is 0.287. The number of rotatable bonds is 2. The van der Waals surface area contributed by atoms with E-state index in [4.69, 9.17) is 0 Å². The number of benzene rings is 2. The van der Waals surface area contributed by atoms with Crippen LogP contribution in [-0.4, -0.2) is 15.7 Å². The topological polar surface area (TPSA) is 46.9 Å². The van der Waals surface area contributed by atoms with Gasteiger partial charge in [-0.2, -0.15) is 5.10 Å². The third kappa shape index (κ3) is 2.03. The minimum atomic E-state index is -0.335. The van der Waals surface area contributed by atoms with Crippen LogP contribution < -0.4 is 5.32 Å². The molecular weight excluding hydrogens is 257 g/mol. The number of nitrogens with zero attached hydrogens (tertiary/aromatic N) is 2. The van der Waals surface area contributed by atoms with Crippen LogP contribution in [0.5, 0.6) is 0 Å². The normalized spacial score (nSPS) is 10.7. The summed E-state index contributed by atoms with van der Waals surface area (Å²) in [6.07, 6.45) is 1.60.